The van der Waals surface area contributed by atoms with Gasteiger partial charge in [0.15, 0.2) is 6.10 Å². The summed E-state index contributed by atoms with van der Waals surface area (Å²) in [4.78, 5) is 22.0. The average molecular weight is 255 g/mol. The van der Waals surface area contributed by atoms with E-state index in [1.54, 1.807) is 6.92 Å². The Morgan fingerprint density at radius 3 is 2.72 bits per heavy atom. The Balaban J connectivity index is 2.55. The zero-order valence-electron chi connectivity index (χ0n) is 9.81. The molecular weight excluding hydrogens is 241 g/mol. The first-order chi connectivity index (χ1) is 8.41. The number of nitrogens with one attached hydrogen (secondary N) is 1. The van der Waals surface area contributed by atoms with E-state index in [4.69, 9.17) is 10.2 Å². The highest BCUT2D eigenvalue weighted by atomic mass is 19.1. The molecule has 0 heterocycles. The number of aliphatic hydroxyl groups is 1. The maximum absolute atomic E-state index is 13.0. The quantitative estimate of drug-likeness (QED) is 0.722. The molecule has 1 unspecified atom stereocenters. The number of carboxylic acids is 1. The van der Waals surface area contributed by atoms with Crippen LogP contribution in [0.4, 0.5) is 4.39 Å². The SMILES string of the molecule is Cc1ccc(F)cc1C(=O)NCCC(O)C(=O)O. The van der Waals surface area contributed by atoms with Crippen LogP contribution in [0.3, 0.4) is 0 Å². The zero-order chi connectivity index (χ0) is 13.7. The lowest BCUT2D eigenvalue weighted by Gasteiger charge is -2.09. The number of hydrogen-bond acceptors (Lipinski definition) is 3. The highest BCUT2D eigenvalue weighted by Crippen LogP contribution is 2.09. The summed E-state index contributed by atoms with van der Waals surface area (Å²) in [5.41, 5.74) is 0.812. The van der Waals surface area contributed by atoms with Crippen LogP contribution in [0.15, 0.2) is 18.2 Å². The minimum Gasteiger partial charge on any atom is -0.479 e. The first-order valence-electron chi connectivity index (χ1n) is 5.37. The topological polar surface area (TPSA) is 86.6 Å². The molecule has 1 aromatic rings. The van der Waals surface area contributed by atoms with Crippen molar-refractivity contribution in [1.29, 1.82) is 0 Å². The van der Waals surface area contributed by atoms with Crippen LogP contribution in [-0.4, -0.2) is 34.7 Å². The maximum atomic E-state index is 13.0. The van der Waals surface area contributed by atoms with Gasteiger partial charge in [-0.15, -0.1) is 0 Å². The molecule has 98 valence electrons. The average Bonchev–Trinajstić information content (AvgIpc) is 2.31. The number of halogens is 1. The minimum absolute atomic E-state index is 0.00224. The molecule has 1 aromatic carbocycles. The molecule has 0 aromatic heterocycles. The minimum atomic E-state index is -1.51. The van der Waals surface area contributed by atoms with Gasteiger partial charge in [-0.3, -0.25) is 4.79 Å². The molecule has 0 aliphatic carbocycles. The van der Waals surface area contributed by atoms with Crippen LogP contribution in [-0.2, 0) is 4.79 Å². The van der Waals surface area contributed by atoms with Gasteiger partial charge in [-0.1, -0.05) is 6.07 Å². The molecule has 0 aliphatic rings. The first-order valence-corrected chi connectivity index (χ1v) is 5.37. The fraction of sp³-hybridized carbons (Fsp3) is 0.333. The highest BCUT2D eigenvalue weighted by Gasteiger charge is 2.14. The van der Waals surface area contributed by atoms with E-state index in [1.807, 2.05) is 0 Å². The number of carbonyl (C=O) groups excluding carboxylic acids is 1. The molecule has 0 radical (unpaired) electrons. The Bertz CT molecular complexity index is 461. The standard InChI is InChI=1S/C12H14FNO4/c1-7-2-3-8(13)6-9(7)11(16)14-5-4-10(15)12(17)18/h2-3,6,10,15H,4-5H2,1H3,(H,14,16)(H,17,18). The fourth-order valence-electron chi connectivity index (χ4n) is 1.38. The summed E-state index contributed by atoms with van der Waals surface area (Å²) in [5.74, 6) is -2.35. The first kappa shape index (κ1) is 14.1. The second kappa shape index (κ2) is 6.11. The maximum Gasteiger partial charge on any atom is 0.332 e. The van der Waals surface area contributed by atoms with E-state index in [2.05, 4.69) is 5.32 Å². The van der Waals surface area contributed by atoms with Crippen LogP contribution in [0.2, 0.25) is 0 Å². The Labute approximate surface area is 103 Å². The molecule has 5 nitrogen and oxygen atoms in total. The van der Waals surface area contributed by atoms with E-state index < -0.39 is 23.8 Å². The Hall–Kier alpha value is -1.95. The number of aryl methyl sites for hydroxylation is 1. The highest BCUT2D eigenvalue weighted by molar-refractivity contribution is 5.95. The van der Waals surface area contributed by atoms with Gasteiger partial charge >= 0.3 is 5.97 Å². The smallest absolute Gasteiger partial charge is 0.332 e. The van der Waals surface area contributed by atoms with E-state index in [-0.39, 0.29) is 18.5 Å². The van der Waals surface area contributed by atoms with Crippen molar-refractivity contribution in [1.82, 2.24) is 5.32 Å². The van der Waals surface area contributed by atoms with E-state index in [0.29, 0.717) is 5.56 Å². The molecule has 0 saturated heterocycles. The largest absolute Gasteiger partial charge is 0.479 e. The van der Waals surface area contributed by atoms with Crippen LogP contribution in [0.25, 0.3) is 0 Å². The van der Waals surface area contributed by atoms with Crippen LogP contribution in [0.1, 0.15) is 22.3 Å². The molecule has 1 rings (SSSR count). The molecule has 1 amide bonds. The normalized spacial score (nSPS) is 11.9. The lowest BCUT2D eigenvalue weighted by molar-refractivity contribution is -0.146. The summed E-state index contributed by atoms with van der Waals surface area (Å²) in [6, 6.07) is 3.84. The van der Waals surface area contributed by atoms with Gasteiger partial charge in [-0.25, -0.2) is 9.18 Å². The molecule has 1 atom stereocenters. The van der Waals surface area contributed by atoms with Gasteiger partial charge in [-0.2, -0.15) is 0 Å². The molecule has 0 spiro atoms. The number of hydrogen-bond donors (Lipinski definition) is 3. The molecule has 6 heteroatoms. The van der Waals surface area contributed by atoms with Crippen molar-refractivity contribution < 1.29 is 24.2 Å². The summed E-state index contributed by atoms with van der Waals surface area (Å²) in [7, 11) is 0. The van der Waals surface area contributed by atoms with Crippen LogP contribution < -0.4 is 5.32 Å². The summed E-state index contributed by atoms with van der Waals surface area (Å²) in [6.07, 6.45) is -1.62. The fourth-order valence-corrected chi connectivity index (χ4v) is 1.38. The Kier molecular flexibility index (Phi) is 4.79. The summed E-state index contributed by atoms with van der Waals surface area (Å²) < 4.78 is 13.0. The molecule has 0 aliphatic heterocycles. The van der Waals surface area contributed by atoms with Crippen molar-refractivity contribution in [2.75, 3.05) is 6.54 Å². The summed E-state index contributed by atoms with van der Waals surface area (Å²) in [5, 5.41) is 19.9. The van der Waals surface area contributed by atoms with E-state index in [0.717, 1.165) is 6.07 Å². The number of aliphatic hydroxyl groups excluding tert-OH is 1. The number of rotatable bonds is 5. The van der Waals surface area contributed by atoms with Gasteiger partial charge in [0.05, 0.1) is 0 Å². The van der Waals surface area contributed by atoms with Crippen LogP contribution in [0.5, 0.6) is 0 Å². The van der Waals surface area contributed by atoms with Gasteiger partial charge in [-0.05, 0) is 24.6 Å². The van der Waals surface area contributed by atoms with Crippen molar-refractivity contribution >= 4 is 11.9 Å². The number of carboxylic acid groups (broad SMARTS) is 1. The van der Waals surface area contributed by atoms with Gasteiger partial charge in [0.1, 0.15) is 5.82 Å². The van der Waals surface area contributed by atoms with E-state index in [1.165, 1.54) is 12.1 Å². The summed E-state index contributed by atoms with van der Waals surface area (Å²) in [6.45, 7) is 1.67. The van der Waals surface area contributed by atoms with E-state index in [9.17, 15) is 14.0 Å². The molecule has 0 saturated carbocycles. The van der Waals surface area contributed by atoms with Crippen molar-refractivity contribution in [3.8, 4) is 0 Å². The van der Waals surface area contributed by atoms with Crippen molar-refractivity contribution in [3.63, 3.8) is 0 Å². The number of benzene rings is 1. The van der Waals surface area contributed by atoms with Crippen molar-refractivity contribution in [2.24, 2.45) is 0 Å². The molecule has 3 N–H and O–H groups in total. The Morgan fingerprint density at radius 1 is 1.44 bits per heavy atom. The number of amides is 1. The van der Waals surface area contributed by atoms with Gasteiger partial charge in [0, 0.05) is 18.5 Å². The van der Waals surface area contributed by atoms with Crippen molar-refractivity contribution in [2.45, 2.75) is 19.4 Å². The second-order valence-corrected chi connectivity index (χ2v) is 3.86. The predicted octanol–water partition coefficient (Wildman–Crippen LogP) is 0.700. The van der Waals surface area contributed by atoms with Crippen molar-refractivity contribution in [3.05, 3.63) is 35.1 Å². The molecule has 0 bridgehead atoms. The van der Waals surface area contributed by atoms with Crippen LogP contribution >= 0.6 is 0 Å². The zero-order valence-corrected chi connectivity index (χ0v) is 9.81. The van der Waals surface area contributed by atoms with Crippen LogP contribution in [0, 0.1) is 12.7 Å². The monoisotopic (exact) mass is 255 g/mol. The second-order valence-electron chi connectivity index (χ2n) is 3.86. The summed E-state index contributed by atoms with van der Waals surface area (Å²) >= 11 is 0. The molecule has 18 heavy (non-hydrogen) atoms. The number of carbonyl (C=O) groups is 2. The third-order valence-electron chi connectivity index (χ3n) is 2.43. The third-order valence-corrected chi connectivity index (χ3v) is 2.43. The van der Waals surface area contributed by atoms with Gasteiger partial charge < -0.3 is 15.5 Å². The van der Waals surface area contributed by atoms with E-state index >= 15 is 0 Å². The predicted molar refractivity (Wildman–Crippen MR) is 61.7 cm³/mol. The molecule has 0 fully saturated rings. The van der Waals surface area contributed by atoms with Gasteiger partial charge in [0.25, 0.3) is 5.91 Å². The number of aliphatic carboxylic acids is 1. The third kappa shape index (κ3) is 3.81. The van der Waals surface area contributed by atoms with Gasteiger partial charge in [0.2, 0.25) is 0 Å². The lowest BCUT2D eigenvalue weighted by Crippen LogP contribution is -2.30. The lowest BCUT2D eigenvalue weighted by atomic mass is 10.1. The molecular formula is C12H14FNO4. The Morgan fingerprint density at radius 2 is 2.11 bits per heavy atom.